The zero-order valence-corrected chi connectivity index (χ0v) is 27.8. The van der Waals surface area contributed by atoms with Gasteiger partial charge in [0.1, 0.15) is 0 Å². The molecule has 2 nitrogen and oxygen atoms in total. The van der Waals surface area contributed by atoms with E-state index in [1.165, 1.54) is 22.0 Å². The molecule has 0 N–H and O–H groups in total. The Hall–Kier alpha value is -1.75. The van der Waals surface area contributed by atoms with E-state index in [0.717, 1.165) is 33.9 Å². The molecule has 2 atom stereocenters. The van der Waals surface area contributed by atoms with Gasteiger partial charge in [-0.25, -0.2) is 0 Å². The first-order valence-electron chi connectivity index (χ1n) is 12.4. The van der Waals surface area contributed by atoms with E-state index in [-0.39, 0.29) is 11.8 Å². The molecule has 0 heterocycles. The molecule has 0 amide bonds. The molecular formula is C32H30Br2Cl2N2Ni. The van der Waals surface area contributed by atoms with Gasteiger partial charge in [-0.15, -0.1) is 0 Å². The molecule has 4 rings (SSSR count). The van der Waals surface area contributed by atoms with E-state index in [9.17, 15) is 0 Å². The minimum atomic E-state index is 0.156. The fourth-order valence-electron chi connectivity index (χ4n) is 4.31. The van der Waals surface area contributed by atoms with E-state index in [2.05, 4.69) is 90.8 Å². The third kappa shape index (κ3) is 9.13. The predicted molar refractivity (Wildman–Crippen MR) is 174 cm³/mol. The molecule has 0 aliphatic rings. The van der Waals surface area contributed by atoms with E-state index in [1.807, 2.05) is 62.4 Å². The average molecular weight is 732 g/mol. The molecule has 4 aromatic carbocycles. The molecule has 0 aromatic heterocycles. The zero-order valence-electron chi connectivity index (χ0n) is 22.1. The van der Waals surface area contributed by atoms with Crippen LogP contribution >= 0.6 is 51.7 Å². The van der Waals surface area contributed by atoms with Crippen molar-refractivity contribution in [3.63, 3.8) is 0 Å². The summed E-state index contributed by atoms with van der Waals surface area (Å²) in [6.07, 6.45) is 0. The number of halogens is 4. The summed E-state index contributed by atoms with van der Waals surface area (Å²) >= 11 is 18.8. The van der Waals surface area contributed by atoms with Crippen molar-refractivity contribution in [1.29, 1.82) is 0 Å². The Bertz CT molecular complexity index is 1320. The van der Waals surface area contributed by atoms with Gasteiger partial charge in [-0.05, 0) is 72.5 Å². The van der Waals surface area contributed by atoms with Crippen molar-refractivity contribution in [3.8, 4) is 0 Å². The second kappa shape index (κ2) is 15.9. The summed E-state index contributed by atoms with van der Waals surface area (Å²) in [6, 6.07) is 32.6. The molecular weight excluding hydrogens is 702 g/mol. The molecule has 0 saturated heterocycles. The molecule has 0 aliphatic heterocycles. The summed E-state index contributed by atoms with van der Waals surface area (Å²) in [5.41, 5.74) is 8.13. The number of aliphatic imine (C=N–C) groups is 2. The van der Waals surface area contributed by atoms with E-state index >= 15 is 0 Å². The first-order chi connectivity index (χ1) is 18.7. The number of nitrogens with zero attached hydrogens (tertiary/aromatic N) is 2. The monoisotopic (exact) mass is 728 g/mol. The Kier molecular flexibility index (Phi) is 12.9. The van der Waals surface area contributed by atoms with Gasteiger partial charge in [0.25, 0.3) is 0 Å². The maximum atomic E-state index is 6.38. The SMILES string of the molecule is CC(=Nc1ccc(Cl)cc1C(C)c1ccccc1)C(C)=Nc1ccc(Cl)cc1C(C)c1ccccc1.[Br][Ni][Br]. The van der Waals surface area contributed by atoms with Crippen LogP contribution in [0.15, 0.2) is 107 Å². The molecule has 39 heavy (non-hydrogen) atoms. The molecule has 0 fully saturated rings. The summed E-state index contributed by atoms with van der Waals surface area (Å²) in [6.45, 7) is 8.36. The molecule has 0 radical (unpaired) electrons. The van der Waals surface area contributed by atoms with Gasteiger partial charge in [-0.1, -0.05) is 97.7 Å². The molecule has 2 unspecified atom stereocenters. The van der Waals surface area contributed by atoms with Crippen LogP contribution in [0.1, 0.15) is 61.8 Å². The first-order valence-corrected chi connectivity index (χ1v) is 18.0. The Morgan fingerprint density at radius 3 is 1.28 bits per heavy atom. The Balaban J connectivity index is 0.00000134. The van der Waals surface area contributed by atoms with Crippen LogP contribution in [0.4, 0.5) is 11.4 Å². The van der Waals surface area contributed by atoms with Gasteiger partial charge in [0.15, 0.2) is 0 Å². The summed E-state index contributed by atoms with van der Waals surface area (Å²) < 4.78 is 0. The minimum absolute atomic E-state index is 0.156. The van der Waals surface area contributed by atoms with Gasteiger partial charge >= 0.3 is 39.3 Å². The van der Waals surface area contributed by atoms with E-state index in [0.29, 0.717) is 10.0 Å². The Morgan fingerprint density at radius 2 is 0.949 bits per heavy atom. The van der Waals surface area contributed by atoms with E-state index in [1.54, 1.807) is 0 Å². The maximum absolute atomic E-state index is 6.38. The Morgan fingerprint density at radius 1 is 0.615 bits per heavy atom. The molecule has 0 aliphatic carbocycles. The molecule has 0 bridgehead atoms. The van der Waals surface area contributed by atoms with E-state index in [4.69, 9.17) is 33.2 Å². The van der Waals surface area contributed by atoms with Crippen LogP contribution in [0.5, 0.6) is 0 Å². The van der Waals surface area contributed by atoms with Gasteiger partial charge in [-0.2, -0.15) is 0 Å². The van der Waals surface area contributed by atoms with Crippen molar-refractivity contribution in [1.82, 2.24) is 0 Å². The topological polar surface area (TPSA) is 24.7 Å². The van der Waals surface area contributed by atoms with Crippen LogP contribution in [0, 0.1) is 0 Å². The van der Waals surface area contributed by atoms with Crippen molar-refractivity contribution in [2.45, 2.75) is 39.5 Å². The third-order valence-corrected chi connectivity index (χ3v) is 7.08. The van der Waals surface area contributed by atoms with Gasteiger partial charge in [-0.3, -0.25) is 9.98 Å². The first kappa shape index (κ1) is 31.8. The van der Waals surface area contributed by atoms with Crippen LogP contribution < -0.4 is 0 Å². The third-order valence-electron chi connectivity index (χ3n) is 6.61. The van der Waals surface area contributed by atoms with Gasteiger partial charge in [0.05, 0.1) is 22.8 Å². The molecule has 206 valence electrons. The molecule has 7 heteroatoms. The fourth-order valence-corrected chi connectivity index (χ4v) is 4.67. The summed E-state index contributed by atoms with van der Waals surface area (Å²) in [4.78, 5) is 9.99. The second-order valence-electron chi connectivity index (χ2n) is 9.11. The summed E-state index contributed by atoms with van der Waals surface area (Å²) in [7, 11) is 1.25. The number of rotatable bonds is 7. The quantitative estimate of drug-likeness (QED) is 0.134. The van der Waals surface area contributed by atoms with Crippen LogP contribution in [0.25, 0.3) is 0 Å². The van der Waals surface area contributed by atoms with Gasteiger partial charge in [0, 0.05) is 21.9 Å². The Labute approximate surface area is 262 Å². The van der Waals surface area contributed by atoms with Crippen LogP contribution in [-0.2, 0) is 10.9 Å². The van der Waals surface area contributed by atoms with Crippen molar-refractivity contribution >= 4 is 74.5 Å². The number of benzene rings is 4. The van der Waals surface area contributed by atoms with Crippen molar-refractivity contribution in [2.24, 2.45) is 9.98 Å². The normalized spacial score (nSPS) is 13.4. The number of hydrogen-bond donors (Lipinski definition) is 0. The second-order valence-corrected chi connectivity index (χ2v) is 15.0. The standard InChI is InChI=1S/C32H30Cl2N2.2BrH.Ni/c1-21(25-11-7-5-8-12-25)29-19-27(33)15-17-31(29)35-23(3)24(4)36-32-18-16-28(34)20-30(32)22(2)26-13-9-6-10-14-26;;;/h5-22H,1-4H3;2*1H;/q;;;+2/p-2. The number of hydrogen-bond acceptors (Lipinski definition) is 2. The fraction of sp³-hybridized carbons (Fsp3) is 0.188. The van der Waals surface area contributed by atoms with Crippen LogP contribution in [0.3, 0.4) is 0 Å². The molecule has 0 saturated carbocycles. The van der Waals surface area contributed by atoms with Crippen molar-refractivity contribution in [2.75, 3.05) is 0 Å². The zero-order chi connectivity index (χ0) is 28.4. The summed E-state index contributed by atoms with van der Waals surface area (Å²) in [5, 5.41) is 1.41. The summed E-state index contributed by atoms with van der Waals surface area (Å²) in [5.74, 6) is 0.312. The van der Waals surface area contributed by atoms with Gasteiger partial charge in [0.2, 0.25) is 0 Å². The predicted octanol–water partition coefficient (Wildman–Crippen LogP) is 11.9. The van der Waals surface area contributed by atoms with Crippen LogP contribution in [0.2, 0.25) is 10.0 Å². The van der Waals surface area contributed by atoms with Gasteiger partial charge < -0.3 is 0 Å². The molecule has 0 spiro atoms. The van der Waals surface area contributed by atoms with Crippen molar-refractivity contribution < 1.29 is 10.9 Å². The van der Waals surface area contributed by atoms with Crippen LogP contribution in [-0.4, -0.2) is 11.4 Å². The average Bonchev–Trinajstić information content (AvgIpc) is 2.95. The van der Waals surface area contributed by atoms with Crippen molar-refractivity contribution in [3.05, 3.63) is 129 Å². The van der Waals surface area contributed by atoms with E-state index < -0.39 is 0 Å². The molecule has 4 aromatic rings.